The molecule has 14 heavy (non-hydrogen) atoms. The molecule has 1 saturated heterocycles. The summed E-state index contributed by atoms with van der Waals surface area (Å²) in [4.78, 5) is 0. The first-order chi connectivity index (χ1) is 6.42. The molecule has 1 aliphatic heterocycles. The molecule has 0 aromatic carbocycles. The van der Waals surface area contributed by atoms with Gasteiger partial charge in [0.1, 0.15) is 21.2 Å². The van der Waals surface area contributed by atoms with E-state index in [0.29, 0.717) is 13.0 Å². The van der Waals surface area contributed by atoms with E-state index in [1.165, 1.54) is 6.66 Å². The third-order valence-corrected chi connectivity index (χ3v) is 2.59. The Hall–Kier alpha value is 0.240. The SMILES string of the molecule is [B][C@H]1C[C@@H](OP([B])(C)=O)[C@@H](COC)O1. The van der Waals surface area contributed by atoms with Crippen molar-refractivity contribution in [1.82, 2.24) is 0 Å². The third-order valence-electron chi connectivity index (χ3n) is 1.90. The summed E-state index contributed by atoms with van der Waals surface area (Å²) in [5.74, 6) is 0. The van der Waals surface area contributed by atoms with Gasteiger partial charge in [-0.3, -0.25) is 0 Å². The molecule has 1 aliphatic rings. The number of hydrogen-bond acceptors (Lipinski definition) is 4. The summed E-state index contributed by atoms with van der Waals surface area (Å²) in [5, 5.41) is 0. The van der Waals surface area contributed by atoms with Gasteiger partial charge in [0.25, 0.3) is 0 Å². The molecule has 0 aromatic heterocycles. The van der Waals surface area contributed by atoms with Gasteiger partial charge < -0.3 is 18.6 Å². The minimum atomic E-state index is -2.99. The van der Waals surface area contributed by atoms with E-state index in [-0.39, 0.29) is 12.2 Å². The lowest BCUT2D eigenvalue weighted by molar-refractivity contribution is -0.00895. The van der Waals surface area contributed by atoms with E-state index in [0.717, 1.165) is 0 Å². The van der Waals surface area contributed by atoms with Crippen molar-refractivity contribution >= 4 is 22.7 Å². The first-order valence-electron chi connectivity index (χ1n) is 4.37. The quantitative estimate of drug-likeness (QED) is 0.498. The molecule has 1 fully saturated rings. The van der Waals surface area contributed by atoms with Crippen LogP contribution in [0.1, 0.15) is 6.42 Å². The molecule has 0 N–H and O–H groups in total. The smallest absolute Gasteiger partial charge is 0.202 e. The fourth-order valence-electron chi connectivity index (χ4n) is 1.44. The molecule has 0 bridgehead atoms. The van der Waals surface area contributed by atoms with Gasteiger partial charge in [0, 0.05) is 19.8 Å². The van der Waals surface area contributed by atoms with E-state index in [4.69, 9.17) is 29.4 Å². The average molecular weight is 214 g/mol. The van der Waals surface area contributed by atoms with Gasteiger partial charge in [-0.2, -0.15) is 0 Å². The second-order valence-corrected chi connectivity index (χ2v) is 5.48. The fraction of sp³-hybridized carbons (Fsp3) is 1.00. The predicted octanol–water partition coefficient (Wildman–Crippen LogP) is 0.293. The molecule has 1 rings (SSSR count). The summed E-state index contributed by atoms with van der Waals surface area (Å²) in [7, 11) is 9.45. The Kier molecular flexibility index (Phi) is 4.26. The average Bonchev–Trinajstić information content (AvgIpc) is 2.28. The Labute approximate surface area is 86.9 Å². The maximum Gasteiger partial charge on any atom is 0.202 e. The molecule has 4 radical (unpaired) electrons. The number of rotatable bonds is 4. The zero-order chi connectivity index (χ0) is 10.8. The Morgan fingerprint density at radius 2 is 2.29 bits per heavy atom. The lowest BCUT2D eigenvalue weighted by Crippen LogP contribution is -2.28. The monoisotopic (exact) mass is 214 g/mol. The summed E-state index contributed by atoms with van der Waals surface area (Å²) < 4.78 is 26.7. The molecule has 0 aromatic rings. The van der Waals surface area contributed by atoms with Crippen LogP contribution >= 0.6 is 7.25 Å². The first kappa shape index (κ1) is 12.3. The fourth-order valence-corrected chi connectivity index (χ4v) is 2.20. The van der Waals surface area contributed by atoms with Crippen LogP contribution in [0.25, 0.3) is 0 Å². The molecule has 0 amide bonds. The van der Waals surface area contributed by atoms with Crippen LogP contribution < -0.4 is 0 Å². The molecule has 0 spiro atoms. The van der Waals surface area contributed by atoms with Gasteiger partial charge in [-0.25, -0.2) is 0 Å². The summed E-state index contributed by atoms with van der Waals surface area (Å²) >= 11 is 0. The topological polar surface area (TPSA) is 44.8 Å². The molecule has 4 nitrogen and oxygen atoms in total. The highest BCUT2D eigenvalue weighted by Gasteiger charge is 2.35. The van der Waals surface area contributed by atoms with Crippen molar-refractivity contribution in [3.8, 4) is 0 Å². The van der Waals surface area contributed by atoms with E-state index in [2.05, 4.69) is 0 Å². The molecule has 4 atom stereocenters. The number of methoxy groups -OCH3 is 1. The van der Waals surface area contributed by atoms with Crippen molar-refractivity contribution in [2.45, 2.75) is 24.6 Å². The van der Waals surface area contributed by atoms with Crippen LogP contribution in [0.5, 0.6) is 0 Å². The highest BCUT2D eigenvalue weighted by Crippen LogP contribution is 2.41. The Bertz CT molecular complexity index is 232. The maximum absolute atomic E-state index is 11.2. The van der Waals surface area contributed by atoms with E-state index >= 15 is 0 Å². The van der Waals surface area contributed by atoms with E-state index in [9.17, 15) is 4.57 Å². The largest absolute Gasteiger partial charge is 0.382 e. The lowest BCUT2D eigenvalue weighted by atomic mass is 9.96. The minimum absolute atomic E-state index is 0.285. The van der Waals surface area contributed by atoms with Gasteiger partial charge in [-0.15, -0.1) is 0 Å². The maximum atomic E-state index is 11.2. The van der Waals surface area contributed by atoms with Gasteiger partial charge in [0.05, 0.1) is 12.7 Å². The van der Waals surface area contributed by atoms with Crippen LogP contribution in [0, 0.1) is 0 Å². The van der Waals surface area contributed by atoms with Gasteiger partial charge in [-0.1, -0.05) is 0 Å². The summed E-state index contributed by atoms with van der Waals surface area (Å²) in [6.45, 7) is 1.72. The summed E-state index contributed by atoms with van der Waals surface area (Å²) in [6.07, 6.45) is -0.138. The molecular formula is C7H13B2O4P. The molecule has 0 aliphatic carbocycles. The Morgan fingerprint density at radius 3 is 2.79 bits per heavy atom. The van der Waals surface area contributed by atoms with Crippen molar-refractivity contribution < 1.29 is 18.6 Å². The molecule has 0 saturated carbocycles. The van der Waals surface area contributed by atoms with Crippen LogP contribution in [-0.4, -0.2) is 54.0 Å². The molecule has 1 heterocycles. The van der Waals surface area contributed by atoms with Crippen LogP contribution in [0.15, 0.2) is 0 Å². The normalized spacial score (nSPS) is 36.9. The Morgan fingerprint density at radius 1 is 1.64 bits per heavy atom. The van der Waals surface area contributed by atoms with Gasteiger partial charge in [-0.05, 0) is 6.42 Å². The van der Waals surface area contributed by atoms with Crippen molar-refractivity contribution in [3.63, 3.8) is 0 Å². The van der Waals surface area contributed by atoms with Crippen molar-refractivity contribution in [3.05, 3.63) is 0 Å². The molecule has 76 valence electrons. The lowest BCUT2D eigenvalue weighted by Gasteiger charge is -2.20. The highest BCUT2D eigenvalue weighted by atomic mass is 31.2. The van der Waals surface area contributed by atoms with E-state index in [1.807, 2.05) is 0 Å². The van der Waals surface area contributed by atoms with Gasteiger partial charge in [0.2, 0.25) is 7.57 Å². The van der Waals surface area contributed by atoms with Crippen LogP contribution in [0.3, 0.4) is 0 Å². The summed E-state index contributed by atoms with van der Waals surface area (Å²) in [6, 6.07) is -0.397. The standard InChI is InChI=1S/C7H13B2O4P/c1-11-4-6-5(3-7(8)12-6)13-14(2,9)10/h5-7H,3-4H2,1-2H3/t5-,6-,7-,14?/m1/s1. The second kappa shape index (κ2) is 4.84. The Balaban J connectivity index is 2.53. The van der Waals surface area contributed by atoms with Crippen LogP contribution in [-0.2, 0) is 18.6 Å². The van der Waals surface area contributed by atoms with Crippen molar-refractivity contribution in [2.75, 3.05) is 20.4 Å². The predicted molar refractivity (Wildman–Crippen MR) is 55.1 cm³/mol. The van der Waals surface area contributed by atoms with E-state index < -0.39 is 13.3 Å². The van der Waals surface area contributed by atoms with Crippen molar-refractivity contribution in [2.24, 2.45) is 0 Å². The van der Waals surface area contributed by atoms with Crippen molar-refractivity contribution in [1.29, 1.82) is 0 Å². The van der Waals surface area contributed by atoms with E-state index in [1.54, 1.807) is 7.11 Å². The summed E-state index contributed by atoms with van der Waals surface area (Å²) in [5.41, 5.74) is 0. The first-order valence-corrected chi connectivity index (χ1v) is 6.51. The van der Waals surface area contributed by atoms with Gasteiger partial charge >= 0.3 is 0 Å². The molecular weight excluding hydrogens is 201 g/mol. The minimum Gasteiger partial charge on any atom is -0.382 e. The zero-order valence-electron chi connectivity index (χ0n) is 8.38. The van der Waals surface area contributed by atoms with Crippen LogP contribution in [0.4, 0.5) is 0 Å². The molecule has 1 unspecified atom stereocenters. The molecule has 7 heteroatoms. The second-order valence-electron chi connectivity index (χ2n) is 3.46. The zero-order valence-corrected chi connectivity index (χ0v) is 9.28. The number of ether oxygens (including phenoxy) is 2. The van der Waals surface area contributed by atoms with Gasteiger partial charge in [0.15, 0.2) is 0 Å². The highest BCUT2D eigenvalue weighted by molar-refractivity contribution is 7.82. The van der Waals surface area contributed by atoms with Crippen LogP contribution in [0.2, 0.25) is 0 Å². The third kappa shape index (κ3) is 3.77. The number of hydrogen-bond donors (Lipinski definition) is 0.